The lowest BCUT2D eigenvalue weighted by atomic mass is 10.1. The van der Waals surface area contributed by atoms with Gasteiger partial charge in [-0.3, -0.25) is 4.99 Å². The fourth-order valence-electron chi connectivity index (χ4n) is 3.57. The molecule has 1 fully saturated rings. The molecule has 1 unspecified atom stereocenters. The molecule has 3 rings (SSSR count). The summed E-state index contributed by atoms with van der Waals surface area (Å²) in [6.45, 7) is 4.69. The van der Waals surface area contributed by atoms with Crippen LogP contribution in [0.5, 0.6) is 0 Å². The van der Waals surface area contributed by atoms with Gasteiger partial charge in [-0.1, -0.05) is 18.2 Å². The van der Waals surface area contributed by atoms with Gasteiger partial charge >= 0.3 is 0 Å². The fourth-order valence-corrected chi connectivity index (χ4v) is 3.57. The first kappa shape index (κ1) is 23.6. The Labute approximate surface area is 189 Å². The van der Waals surface area contributed by atoms with Crippen LogP contribution in [0.3, 0.4) is 0 Å². The minimum absolute atomic E-state index is 0.377. The van der Waals surface area contributed by atoms with Crippen LogP contribution in [0.15, 0.2) is 35.3 Å². The molecule has 2 aromatic rings. The largest absolute Gasteiger partial charge is 0.382 e. The number of hydrogen-bond donors (Lipinski definition) is 3. The number of para-hydroxylation sites is 1. The molecule has 1 aromatic heterocycles. The Morgan fingerprint density at radius 3 is 2.78 bits per heavy atom. The molecule has 9 heteroatoms. The normalized spacial score (nSPS) is 16.1. The van der Waals surface area contributed by atoms with Crippen molar-refractivity contribution in [3.05, 3.63) is 41.6 Å². The zero-order valence-corrected chi connectivity index (χ0v) is 18.7. The lowest BCUT2D eigenvalue weighted by Gasteiger charge is -2.12. The Morgan fingerprint density at radius 1 is 1.31 bits per heavy atom. The summed E-state index contributed by atoms with van der Waals surface area (Å²) in [6, 6.07) is 11.8. The highest BCUT2D eigenvalue weighted by Crippen LogP contribution is 2.21. The summed E-state index contributed by atoms with van der Waals surface area (Å²) in [5.74, 6) is 1.68. The first-order chi connectivity index (χ1) is 15.7. The van der Waals surface area contributed by atoms with Crippen molar-refractivity contribution in [2.75, 3.05) is 52.3 Å². The quantitative estimate of drug-likeness (QED) is 0.277. The van der Waals surface area contributed by atoms with Gasteiger partial charge in [0.2, 0.25) is 0 Å². The smallest absolute Gasteiger partial charge is 0.190 e. The molecule has 4 N–H and O–H groups in total. The number of nitrogen functional groups attached to an aromatic ring is 1. The first-order valence-corrected chi connectivity index (χ1v) is 11.2. The highest BCUT2D eigenvalue weighted by atomic mass is 16.5. The minimum Gasteiger partial charge on any atom is -0.382 e. The molecule has 0 spiro atoms. The molecular weight excluding hydrogens is 406 g/mol. The third-order valence-corrected chi connectivity index (χ3v) is 5.35. The lowest BCUT2D eigenvalue weighted by Crippen LogP contribution is -2.38. The molecule has 0 aliphatic carbocycles. The van der Waals surface area contributed by atoms with Gasteiger partial charge in [-0.2, -0.15) is 10.4 Å². The van der Waals surface area contributed by atoms with Gasteiger partial charge in [0.05, 0.1) is 24.6 Å². The van der Waals surface area contributed by atoms with Crippen LogP contribution in [0.2, 0.25) is 0 Å². The van der Waals surface area contributed by atoms with Crippen molar-refractivity contribution in [1.82, 2.24) is 20.4 Å². The summed E-state index contributed by atoms with van der Waals surface area (Å²) >= 11 is 0. The maximum Gasteiger partial charge on any atom is 0.190 e. The van der Waals surface area contributed by atoms with Gasteiger partial charge in [0, 0.05) is 39.3 Å². The third-order valence-electron chi connectivity index (χ3n) is 5.35. The topological polar surface area (TPSA) is 123 Å². The number of benzene rings is 1. The number of anilines is 1. The highest BCUT2D eigenvalue weighted by molar-refractivity contribution is 5.79. The van der Waals surface area contributed by atoms with E-state index >= 15 is 0 Å². The molecular formula is C23H33N7O2. The number of hydrogen-bond acceptors (Lipinski definition) is 6. The fraction of sp³-hybridized carbons (Fsp3) is 0.522. The van der Waals surface area contributed by atoms with Crippen molar-refractivity contribution >= 4 is 11.8 Å². The van der Waals surface area contributed by atoms with E-state index in [0.717, 1.165) is 63.9 Å². The van der Waals surface area contributed by atoms with E-state index in [1.54, 1.807) is 11.7 Å². The number of aromatic nitrogens is 2. The molecule has 0 radical (unpaired) electrons. The van der Waals surface area contributed by atoms with E-state index in [0.29, 0.717) is 36.0 Å². The molecule has 1 saturated heterocycles. The molecule has 0 amide bonds. The minimum atomic E-state index is 0.377. The number of rotatable bonds is 11. The zero-order chi connectivity index (χ0) is 22.6. The summed E-state index contributed by atoms with van der Waals surface area (Å²) in [5, 5.41) is 20.7. The molecule has 9 nitrogen and oxygen atoms in total. The SMILES string of the molecule is CN=C(NCCCOCC1CCOC1)NCCCc1nn(-c2ccccc2)c(N)c1C#N. The number of nitrogens with one attached hydrogen (secondary N) is 2. The molecule has 172 valence electrons. The van der Waals surface area contributed by atoms with Gasteiger partial charge in [-0.05, 0) is 37.8 Å². The number of nitrogens with zero attached hydrogens (tertiary/aromatic N) is 4. The number of guanidine groups is 1. The van der Waals surface area contributed by atoms with Gasteiger partial charge < -0.3 is 25.8 Å². The van der Waals surface area contributed by atoms with Crippen molar-refractivity contribution in [2.45, 2.75) is 25.7 Å². The number of ether oxygens (including phenoxy) is 2. The van der Waals surface area contributed by atoms with Gasteiger partial charge in [-0.25, -0.2) is 4.68 Å². The Bertz CT molecular complexity index is 899. The second-order valence-corrected chi connectivity index (χ2v) is 7.75. The third kappa shape index (κ3) is 6.70. The summed E-state index contributed by atoms with van der Waals surface area (Å²) < 4.78 is 12.7. The van der Waals surface area contributed by atoms with Gasteiger partial charge in [-0.15, -0.1) is 0 Å². The number of aryl methyl sites for hydroxylation is 1. The molecule has 0 bridgehead atoms. The second-order valence-electron chi connectivity index (χ2n) is 7.75. The number of nitrogens with two attached hydrogens (primary N) is 1. The van der Waals surface area contributed by atoms with Crippen molar-refractivity contribution < 1.29 is 9.47 Å². The van der Waals surface area contributed by atoms with Gasteiger partial charge in [0.1, 0.15) is 17.5 Å². The monoisotopic (exact) mass is 439 g/mol. The van der Waals surface area contributed by atoms with Crippen LogP contribution in [0.1, 0.15) is 30.5 Å². The number of nitriles is 1. The van der Waals surface area contributed by atoms with Crippen molar-refractivity contribution in [3.8, 4) is 11.8 Å². The Hall–Kier alpha value is -3.09. The first-order valence-electron chi connectivity index (χ1n) is 11.2. The average molecular weight is 440 g/mol. The van der Waals surface area contributed by atoms with Gasteiger partial charge in [0.25, 0.3) is 0 Å². The Kier molecular flexibility index (Phi) is 9.35. The van der Waals surface area contributed by atoms with Crippen molar-refractivity contribution in [2.24, 2.45) is 10.9 Å². The molecule has 1 aliphatic rings. The summed E-state index contributed by atoms with van der Waals surface area (Å²) in [4.78, 5) is 4.25. The molecule has 32 heavy (non-hydrogen) atoms. The molecule has 0 saturated carbocycles. The summed E-state index contributed by atoms with van der Waals surface area (Å²) in [6.07, 6.45) is 3.46. The summed E-state index contributed by atoms with van der Waals surface area (Å²) in [7, 11) is 1.75. The number of aliphatic imine (C=N–C) groups is 1. The Morgan fingerprint density at radius 2 is 2.09 bits per heavy atom. The van der Waals surface area contributed by atoms with Crippen LogP contribution >= 0.6 is 0 Å². The highest BCUT2D eigenvalue weighted by Gasteiger charge is 2.16. The van der Waals surface area contributed by atoms with Crippen LogP contribution in [0, 0.1) is 17.2 Å². The van der Waals surface area contributed by atoms with Crippen molar-refractivity contribution in [3.63, 3.8) is 0 Å². The predicted molar refractivity (Wildman–Crippen MR) is 125 cm³/mol. The summed E-state index contributed by atoms with van der Waals surface area (Å²) in [5.41, 5.74) is 8.16. The molecule has 2 heterocycles. The standard InChI is InChI=1S/C23H33N7O2/c1-26-23(28-12-6-13-31-16-18-10-14-32-17-18)27-11-5-9-21-20(15-24)22(25)30(29-21)19-7-3-2-4-8-19/h2-4,7-8,18H,5-6,9-14,16-17,25H2,1H3,(H2,26,27,28). The van der Waals surface area contributed by atoms with Crippen LogP contribution in [-0.2, 0) is 15.9 Å². The Balaban J connectivity index is 1.36. The lowest BCUT2D eigenvalue weighted by molar-refractivity contribution is 0.0888. The zero-order valence-electron chi connectivity index (χ0n) is 18.7. The van der Waals surface area contributed by atoms with Crippen LogP contribution < -0.4 is 16.4 Å². The van der Waals surface area contributed by atoms with Crippen LogP contribution in [0.25, 0.3) is 5.69 Å². The van der Waals surface area contributed by atoms with E-state index in [4.69, 9.17) is 15.2 Å². The predicted octanol–water partition coefficient (Wildman–Crippen LogP) is 1.87. The van der Waals surface area contributed by atoms with E-state index in [1.165, 1.54) is 0 Å². The van der Waals surface area contributed by atoms with Crippen molar-refractivity contribution in [1.29, 1.82) is 5.26 Å². The molecule has 1 aromatic carbocycles. The van der Waals surface area contributed by atoms with E-state index in [-0.39, 0.29) is 0 Å². The second kappa shape index (κ2) is 12.7. The molecule has 1 aliphatic heterocycles. The van der Waals surface area contributed by atoms with Gasteiger partial charge in [0.15, 0.2) is 5.96 Å². The average Bonchev–Trinajstić information content (AvgIpc) is 3.45. The van der Waals surface area contributed by atoms with E-state index in [9.17, 15) is 5.26 Å². The van der Waals surface area contributed by atoms with E-state index in [1.807, 2.05) is 30.3 Å². The maximum absolute atomic E-state index is 9.52. The van der Waals surface area contributed by atoms with Crippen LogP contribution in [0.4, 0.5) is 5.82 Å². The maximum atomic E-state index is 9.52. The molecule has 1 atom stereocenters. The van der Waals surface area contributed by atoms with E-state index < -0.39 is 0 Å². The van der Waals surface area contributed by atoms with Crippen LogP contribution in [-0.4, -0.2) is 62.3 Å². The van der Waals surface area contributed by atoms with E-state index in [2.05, 4.69) is 26.8 Å².